The first-order valence-corrected chi connectivity index (χ1v) is 5.33. The number of hydrogen-bond donors (Lipinski definition) is 0. The molecule has 0 spiro atoms. The Morgan fingerprint density at radius 3 is 2.47 bits per heavy atom. The molecule has 0 aliphatic rings. The smallest absolute Gasteiger partial charge is 0.154 e. The summed E-state index contributed by atoms with van der Waals surface area (Å²) < 4.78 is 6.27. The number of aldehydes is 1. The molecule has 1 heterocycles. The molecule has 3 heteroatoms. The second-order valence-corrected chi connectivity index (χ2v) is 3.99. The van der Waals surface area contributed by atoms with Gasteiger partial charge in [-0.25, -0.2) is 0 Å². The van der Waals surface area contributed by atoms with Crippen LogP contribution in [0.3, 0.4) is 0 Å². The van der Waals surface area contributed by atoms with E-state index in [1.54, 1.807) is 6.92 Å². The zero-order valence-corrected chi connectivity index (χ0v) is 9.74. The third-order valence-corrected chi connectivity index (χ3v) is 3.01. The summed E-state index contributed by atoms with van der Waals surface area (Å²) in [6, 6.07) is 9.68. The molecule has 0 atom stereocenters. The van der Waals surface area contributed by atoms with Crippen molar-refractivity contribution in [3.8, 4) is 11.3 Å². The molecular weight excluding hydrogens is 256 g/mol. The molecular formula is C12H9BrO2. The summed E-state index contributed by atoms with van der Waals surface area (Å²) in [5.74, 6) is 1.34. The minimum Gasteiger partial charge on any atom is -0.459 e. The molecule has 0 N–H and O–H groups in total. The van der Waals surface area contributed by atoms with Gasteiger partial charge in [0.25, 0.3) is 0 Å². The number of halogens is 1. The molecule has 0 aliphatic heterocycles. The summed E-state index contributed by atoms with van der Waals surface area (Å²) >= 11 is 3.37. The second kappa shape index (κ2) is 4.03. The first-order chi connectivity index (χ1) is 7.24. The first-order valence-electron chi connectivity index (χ1n) is 4.53. The number of rotatable bonds is 2. The summed E-state index contributed by atoms with van der Waals surface area (Å²) in [5, 5.41) is 0. The van der Waals surface area contributed by atoms with Gasteiger partial charge in [0.1, 0.15) is 11.5 Å². The molecule has 76 valence electrons. The van der Waals surface area contributed by atoms with Crippen molar-refractivity contribution < 1.29 is 9.21 Å². The van der Waals surface area contributed by atoms with E-state index in [1.807, 2.05) is 30.3 Å². The zero-order valence-electron chi connectivity index (χ0n) is 8.16. The van der Waals surface area contributed by atoms with Crippen LogP contribution in [0.25, 0.3) is 11.3 Å². The van der Waals surface area contributed by atoms with Crippen LogP contribution in [-0.2, 0) is 0 Å². The van der Waals surface area contributed by atoms with Gasteiger partial charge < -0.3 is 4.42 Å². The summed E-state index contributed by atoms with van der Waals surface area (Å²) in [7, 11) is 0. The maximum Gasteiger partial charge on any atom is 0.154 e. The Balaban J connectivity index is 2.60. The zero-order chi connectivity index (χ0) is 10.8. The van der Waals surface area contributed by atoms with Crippen molar-refractivity contribution in [1.29, 1.82) is 0 Å². The minimum atomic E-state index is 0.578. The normalized spacial score (nSPS) is 10.3. The fraction of sp³-hybridized carbons (Fsp3) is 0.0833. The Morgan fingerprint density at radius 2 is 1.93 bits per heavy atom. The lowest BCUT2D eigenvalue weighted by molar-refractivity contribution is 0.112. The Bertz CT molecular complexity index is 486. The molecule has 0 saturated heterocycles. The van der Waals surface area contributed by atoms with Crippen molar-refractivity contribution in [2.75, 3.05) is 0 Å². The van der Waals surface area contributed by atoms with Crippen LogP contribution in [0.4, 0.5) is 0 Å². The van der Waals surface area contributed by atoms with Crippen LogP contribution < -0.4 is 0 Å². The van der Waals surface area contributed by atoms with Crippen LogP contribution in [-0.4, -0.2) is 6.29 Å². The highest BCUT2D eigenvalue weighted by atomic mass is 79.9. The van der Waals surface area contributed by atoms with Crippen molar-refractivity contribution in [2.24, 2.45) is 0 Å². The lowest BCUT2D eigenvalue weighted by Gasteiger charge is -1.96. The topological polar surface area (TPSA) is 30.2 Å². The highest BCUT2D eigenvalue weighted by molar-refractivity contribution is 9.10. The van der Waals surface area contributed by atoms with Gasteiger partial charge in [-0.3, -0.25) is 4.79 Å². The van der Waals surface area contributed by atoms with Crippen LogP contribution >= 0.6 is 15.9 Å². The van der Waals surface area contributed by atoms with Crippen LogP contribution in [0.5, 0.6) is 0 Å². The van der Waals surface area contributed by atoms with E-state index in [-0.39, 0.29) is 0 Å². The molecule has 1 aromatic carbocycles. The van der Waals surface area contributed by atoms with E-state index in [4.69, 9.17) is 4.42 Å². The fourth-order valence-electron chi connectivity index (χ4n) is 1.44. The molecule has 0 unspecified atom stereocenters. The number of benzene rings is 1. The van der Waals surface area contributed by atoms with Crippen molar-refractivity contribution in [1.82, 2.24) is 0 Å². The lowest BCUT2D eigenvalue weighted by Crippen LogP contribution is -1.79. The molecule has 2 nitrogen and oxygen atoms in total. The number of carbonyl (C=O) groups is 1. The van der Waals surface area contributed by atoms with Gasteiger partial charge >= 0.3 is 0 Å². The quantitative estimate of drug-likeness (QED) is 0.772. The van der Waals surface area contributed by atoms with Crippen LogP contribution in [0, 0.1) is 6.92 Å². The standard InChI is InChI=1S/C12H9BrO2/c1-8-10(7-14)11(13)12(15-8)9-5-3-2-4-6-9/h2-7H,1H3. The van der Waals surface area contributed by atoms with Gasteiger partial charge in [0.2, 0.25) is 0 Å². The van der Waals surface area contributed by atoms with Gasteiger partial charge in [-0.1, -0.05) is 30.3 Å². The van der Waals surface area contributed by atoms with E-state index in [0.717, 1.165) is 16.3 Å². The van der Waals surface area contributed by atoms with E-state index in [0.29, 0.717) is 17.1 Å². The van der Waals surface area contributed by atoms with Crippen LogP contribution in [0.15, 0.2) is 39.2 Å². The van der Waals surface area contributed by atoms with Crippen molar-refractivity contribution >= 4 is 22.2 Å². The molecule has 0 radical (unpaired) electrons. The van der Waals surface area contributed by atoms with Crippen LogP contribution in [0.1, 0.15) is 16.1 Å². The van der Waals surface area contributed by atoms with Gasteiger partial charge in [-0.2, -0.15) is 0 Å². The summed E-state index contributed by atoms with van der Waals surface area (Å²) in [5.41, 5.74) is 1.54. The van der Waals surface area contributed by atoms with Gasteiger partial charge in [0.05, 0.1) is 10.0 Å². The molecule has 0 amide bonds. The predicted molar refractivity (Wildman–Crippen MR) is 62.0 cm³/mol. The number of hydrogen-bond acceptors (Lipinski definition) is 2. The van der Waals surface area contributed by atoms with Gasteiger partial charge in [0, 0.05) is 5.56 Å². The van der Waals surface area contributed by atoms with E-state index in [1.165, 1.54) is 0 Å². The largest absolute Gasteiger partial charge is 0.459 e. The maximum absolute atomic E-state index is 10.8. The van der Waals surface area contributed by atoms with E-state index >= 15 is 0 Å². The molecule has 2 aromatic rings. The summed E-state index contributed by atoms with van der Waals surface area (Å²) in [6.45, 7) is 1.78. The highest BCUT2D eigenvalue weighted by Crippen LogP contribution is 2.34. The van der Waals surface area contributed by atoms with Gasteiger partial charge in [-0.05, 0) is 22.9 Å². The Kier molecular flexibility index (Phi) is 2.73. The monoisotopic (exact) mass is 264 g/mol. The Labute approximate surface area is 96.0 Å². The van der Waals surface area contributed by atoms with Gasteiger partial charge in [-0.15, -0.1) is 0 Å². The number of furan rings is 1. The molecule has 0 saturated carbocycles. The minimum absolute atomic E-state index is 0.578. The van der Waals surface area contributed by atoms with Crippen LogP contribution in [0.2, 0.25) is 0 Å². The molecule has 2 rings (SSSR count). The Hall–Kier alpha value is -1.35. The summed E-state index contributed by atoms with van der Waals surface area (Å²) in [6.07, 6.45) is 0.801. The third kappa shape index (κ3) is 1.75. The lowest BCUT2D eigenvalue weighted by atomic mass is 10.1. The van der Waals surface area contributed by atoms with Gasteiger partial charge in [0.15, 0.2) is 6.29 Å². The fourth-order valence-corrected chi connectivity index (χ4v) is 2.12. The van der Waals surface area contributed by atoms with Crippen molar-refractivity contribution in [3.63, 3.8) is 0 Å². The molecule has 0 bridgehead atoms. The highest BCUT2D eigenvalue weighted by Gasteiger charge is 2.15. The van der Waals surface area contributed by atoms with Crippen molar-refractivity contribution in [2.45, 2.75) is 6.92 Å². The number of aryl methyl sites for hydroxylation is 1. The van der Waals surface area contributed by atoms with Crippen molar-refractivity contribution in [3.05, 3.63) is 46.1 Å². The Morgan fingerprint density at radius 1 is 1.27 bits per heavy atom. The first kappa shape index (κ1) is 10.2. The second-order valence-electron chi connectivity index (χ2n) is 3.20. The maximum atomic E-state index is 10.8. The molecule has 1 aromatic heterocycles. The molecule has 0 aliphatic carbocycles. The predicted octanol–water partition coefficient (Wildman–Crippen LogP) is 3.83. The molecule has 0 fully saturated rings. The third-order valence-electron chi connectivity index (χ3n) is 2.22. The average molecular weight is 265 g/mol. The molecule has 15 heavy (non-hydrogen) atoms. The van der Waals surface area contributed by atoms with E-state index in [9.17, 15) is 4.79 Å². The van der Waals surface area contributed by atoms with E-state index in [2.05, 4.69) is 15.9 Å². The SMILES string of the molecule is Cc1oc(-c2ccccc2)c(Br)c1C=O. The number of carbonyl (C=O) groups excluding carboxylic acids is 1. The van der Waals surface area contributed by atoms with E-state index < -0.39 is 0 Å². The average Bonchev–Trinajstić information content (AvgIpc) is 2.55. The summed E-state index contributed by atoms with van der Waals surface area (Å²) in [4.78, 5) is 10.8.